The lowest BCUT2D eigenvalue weighted by Gasteiger charge is -2.66. The predicted octanol–water partition coefficient (Wildman–Crippen LogP) is 4.54. The van der Waals surface area contributed by atoms with Crippen LogP contribution in [0.1, 0.15) is 73.1 Å². The van der Waals surface area contributed by atoms with Gasteiger partial charge in [0.2, 0.25) is 0 Å². The Kier molecular flexibility index (Phi) is 4.80. The summed E-state index contributed by atoms with van der Waals surface area (Å²) in [5, 5.41) is 11.2. The van der Waals surface area contributed by atoms with E-state index < -0.39 is 11.8 Å². The fourth-order valence-corrected chi connectivity index (χ4v) is 5.76. The molecule has 0 heterocycles. The fraction of sp³-hybridized carbons (Fsp3) is 0.947. The van der Waals surface area contributed by atoms with E-state index in [0.717, 1.165) is 19.3 Å². The molecule has 4 nitrogen and oxygen atoms in total. The zero-order chi connectivity index (χ0) is 17.5. The Hall–Kier alpha value is -0.770. The molecule has 2 rings (SSSR count). The van der Waals surface area contributed by atoms with Crippen LogP contribution in [-0.4, -0.2) is 30.6 Å². The molecular weight excluding hydrogens is 292 g/mol. The molecule has 23 heavy (non-hydrogen) atoms. The first kappa shape index (κ1) is 18.6. The van der Waals surface area contributed by atoms with E-state index >= 15 is 0 Å². The van der Waals surface area contributed by atoms with Gasteiger partial charge in [0.05, 0.1) is 19.3 Å². The van der Waals surface area contributed by atoms with E-state index in [1.165, 1.54) is 20.0 Å². The molecule has 0 aromatic carbocycles. The van der Waals surface area contributed by atoms with E-state index in [1.54, 1.807) is 0 Å². The Labute approximate surface area is 140 Å². The van der Waals surface area contributed by atoms with E-state index in [1.807, 2.05) is 6.92 Å². The SMILES string of the molecule is COC(=O)OCC[C@]1(C)[C@@]2(C)CCCC(C)(C)C2CC[C@@]1(C)O. The Morgan fingerprint density at radius 2 is 1.78 bits per heavy atom. The Morgan fingerprint density at radius 3 is 2.39 bits per heavy atom. The quantitative estimate of drug-likeness (QED) is 0.773. The van der Waals surface area contributed by atoms with Gasteiger partial charge in [-0.2, -0.15) is 0 Å². The first-order valence-electron chi connectivity index (χ1n) is 8.93. The molecule has 0 bridgehead atoms. The van der Waals surface area contributed by atoms with Crippen molar-refractivity contribution in [2.45, 2.75) is 78.7 Å². The van der Waals surface area contributed by atoms with Crippen molar-refractivity contribution in [3.8, 4) is 0 Å². The van der Waals surface area contributed by atoms with Crippen molar-refractivity contribution >= 4 is 6.16 Å². The van der Waals surface area contributed by atoms with E-state index in [0.29, 0.717) is 24.4 Å². The van der Waals surface area contributed by atoms with Gasteiger partial charge in [0.1, 0.15) is 0 Å². The van der Waals surface area contributed by atoms with Gasteiger partial charge in [0.25, 0.3) is 0 Å². The second-order valence-electron chi connectivity index (χ2n) is 9.01. The van der Waals surface area contributed by atoms with Gasteiger partial charge in [-0.25, -0.2) is 4.79 Å². The summed E-state index contributed by atoms with van der Waals surface area (Å²) in [6, 6.07) is 0. The molecule has 0 saturated heterocycles. The van der Waals surface area contributed by atoms with E-state index in [9.17, 15) is 9.90 Å². The third-order valence-corrected chi connectivity index (χ3v) is 7.59. The molecule has 0 spiro atoms. The highest BCUT2D eigenvalue weighted by Crippen LogP contribution is 2.68. The van der Waals surface area contributed by atoms with E-state index in [-0.39, 0.29) is 10.8 Å². The molecule has 134 valence electrons. The second kappa shape index (κ2) is 5.94. The third-order valence-electron chi connectivity index (χ3n) is 7.59. The second-order valence-corrected chi connectivity index (χ2v) is 9.01. The number of hydrogen-bond donors (Lipinski definition) is 1. The lowest BCUT2D eigenvalue weighted by molar-refractivity contribution is -0.227. The van der Waals surface area contributed by atoms with Crippen LogP contribution in [0.15, 0.2) is 0 Å². The summed E-state index contributed by atoms with van der Waals surface area (Å²) < 4.78 is 9.72. The lowest BCUT2D eigenvalue weighted by Crippen LogP contribution is -2.64. The first-order chi connectivity index (χ1) is 10.5. The van der Waals surface area contributed by atoms with Gasteiger partial charge in [-0.3, -0.25) is 0 Å². The topological polar surface area (TPSA) is 55.8 Å². The summed E-state index contributed by atoms with van der Waals surface area (Å²) in [4.78, 5) is 11.3. The van der Waals surface area contributed by atoms with Crippen molar-refractivity contribution in [1.29, 1.82) is 0 Å². The van der Waals surface area contributed by atoms with Crippen molar-refractivity contribution in [1.82, 2.24) is 0 Å². The molecule has 2 fully saturated rings. The number of carbonyl (C=O) groups excluding carboxylic acids is 1. The third kappa shape index (κ3) is 2.88. The molecule has 0 radical (unpaired) electrons. The summed E-state index contributed by atoms with van der Waals surface area (Å²) in [5.74, 6) is 0.590. The maximum absolute atomic E-state index is 11.3. The molecule has 4 heteroatoms. The monoisotopic (exact) mass is 326 g/mol. The number of rotatable bonds is 3. The highest BCUT2D eigenvalue weighted by atomic mass is 16.7. The van der Waals surface area contributed by atoms with Crippen molar-refractivity contribution in [3.63, 3.8) is 0 Å². The van der Waals surface area contributed by atoms with Crippen LogP contribution in [0.2, 0.25) is 0 Å². The largest absolute Gasteiger partial charge is 0.507 e. The van der Waals surface area contributed by atoms with Crippen LogP contribution in [-0.2, 0) is 9.47 Å². The smallest absolute Gasteiger partial charge is 0.438 e. The molecule has 2 aliphatic rings. The molecule has 0 aromatic heterocycles. The molecular formula is C19H34O4. The number of methoxy groups -OCH3 is 1. The molecule has 0 aliphatic heterocycles. The van der Waals surface area contributed by atoms with Gasteiger partial charge in [0.15, 0.2) is 0 Å². The minimum atomic E-state index is -0.745. The standard InChI is InChI=1S/C19H34O4/c1-16(2)9-7-10-17(3)14(16)8-11-19(5,21)18(17,4)12-13-23-15(20)22-6/h14,21H,7-13H2,1-6H3/t14?,17-,18+,19+/m0/s1. The normalized spacial score (nSPS) is 42.7. The number of fused-ring (bicyclic) bond motifs is 1. The minimum absolute atomic E-state index is 0.0516. The zero-order valence-corrected chi connectivity index (χ0v) is 15.7. The van der Waals surface area contributed by atoms with Gasteiger partial charge in [-0.15, -0.1) is 0 Å². The first-order valence-corrected chi connectivity index (χ1v) is 8.93. The summed E-state index contributed by atoms with van der Waals surface area (Å²) in [5.41, 5.74) is -0.677. The van der Waals surface area contributed by atoms with E-state index in [4.69, 9.17) is 4.74 Å². The number of hydrogen-bond acceptors (Lipinski definition) is 4. The van der Waals surface area contributed by atoms with Gasteiger partial charge >= 0.3 is 6.16 Å². The number of aliphatic hydroxyl groups is 1. The lowest BCUT2D eigenvalue weighted by atomic mass is 9.39. The van der Waals surface area contributed by atoms with Crippen molar-refractivity contribution in [2.24, 2.45) is 22.2 Å². The van der Waals surface area contributed by atoms with Gasteiger partial charge < -0.3 is 14.6 Å². The van der Waals surface area contributed by atoms with Crippen molar-refractivity contribution in [3.05, 3.63) is 0 Å². The Balaban J connectivity index is 2.29. The maximum Gasteiger partial charge on any atom is 0.507 e. The average molecular weight is 326 g/mol. The molecule has 1 unspecified atom stereocenters. The van der Waals surface area contributed by atoms with Crippen LogP contribution in [0, 0.1) is 22.2 Å². The zero-order valence-electron chi connectivity index (χ0n) is 15.7. The molecule has 0 amide bonds. The Bertz CT molecular complexity index is 456. The molecule has 4 atom stereocenters. The Morgan fingerprint density at radius 1 is 1.13 bits per heavy atom. The maximum atomic E-state index is 11.3. The summed E-state index contributed by atoms with van der Waals surface area (Å²) in [7, 11) is 1.32. The summed E-state index contributed by atoms with van der Waals surface area (Å²) in [6.07, 6.45) is 5.49. The van der Waals surface area contributed by atoms with Crippen molar-refractivity contribution in [2.75, 3.05) is 13.7 Å². The molecule has 1 N–H and O–H groups in total. The predicted molar refractivity (Wildman–Crippen MR) is 90.2 cm³/mol. The van der Waals surface area contributed by atoms with Crippen LogP contribution >= 0.6 is 0 Å². The summed E-state index contributed by atoms with van der Waals surface area (Å²) in [6.45, 7) is 11.6. The molecule has 2 saturated carbocycles. The van der Waals surface area contributed by atoms with E-state index in [2.05, 4.69) is 32.4 Å². The number of carbonyl (C=O) groups is 1. The van der Waals surface area contributed by atoms with Crippen LogP contribution in [0.3, 0.4) is 0 Å². The van der Waals surface area contributed by atoms with Crippen LogP contribution in [0.4, 0.5) is 4.79 Å². The fourth-order valence-electron chi connectivity index (χ4n) is 5.76. The van der Waals surface area contributed by atoms with Gasteiger partial charge in [0, 0.05) is 5.41 Å². The van der Waals surface area contributed by atoms with Crippen LogP contribution in [0.25, 0.3) is 0 Å². The summed E-state index contributed by atoms with van der Waals surface area (Å²) >= 11 is 0. The number of ether oxygens (including phenoxy) is 2. The minimum Gasteiger partial charge on any atom is -0.438 e. The van der Waals surface area contributed by atoms with Gasteiger partial charge in [-0.1, -0.05) is 34.1 Å². The average Bonchev–Trinajstić information content (AvgIpc) is 2.43. The highest BCUT2D eigenvalue weighted by molar-refractivity contribution is 5.59. The van der Waals surface area contributed by atoms with Crippen molar-refractivity contribution < 1.29 is 19.4 Å². The van der Waals surface area contributed by atoms with Crippen LogP contribution in [0.5, 0.6) is 0 Å². The molecule has 2 aliphatic carbocycles. The van der Waals surface area contributed by atoms with Gasteiger partial charge in [-0.05, 0) is 55.8 Å². The highest BCUT2D eigenvalue weighted by Gasteiger charge is 2.64. The molecule has 0 aromatic rings. The van der Waals surface area contributed by atoms with Crippen LogP contribution < -0.4 is 0 Å².